The summed E-state index contributed by atoms with van der Waals surface area (Å²) in [5.74, 6) is 0. The van der Waals surface area contributed by atoms with Gasteiger partial charge < -0.3 is 9.57 Å². The van der Waals surface area contributed by atoms with Crippen LogP contribution in [0.25, 0.3) is 0 Å². The van der Waals surface area contributed by atoms with Gasteiger partial charge in [-0.15, -0.1) is 0 Å². The molecular weight excluding hydrogens is 94.0 g/mol. The van der Waals surface area contributed by atoms with Gasteiger partial charge in [-0.05, 0) is 11.2 Å². The molecule has 1 aliphatic rings. The van der Waals surface area contributed by atoms with Crippen molar-refractivity contribution < 1.29 is 9.57 Å². The van der Waals surface area contributed by atoms with Gasteiger partial charge in [0.2, 0.25) is 6.40 Å². The first-order valence-electron chi connectivity index (χ1n) is 1.81. The largest absolute Gasteiger partial charge is 0.469 e. The van der Waals surface area contributed by atoms with Crippen molar-refractivity contribution in [1.29, 1.82) is 0 Å². The van der Waals surface area contributed by atoms with Gasteiger partial charge in [-0.3, -0.25) is 0 Å². The van der Waals surface area contributed by atoms with E-state index < -0.39 is 0 Å². The molecule has 3 nitrogen and oxygen atoms in total. The highest BCUT2D eigenvalue weighted by atomic mass is 16.6. The number of rotatable bonds is 0. The Morgan fingerprint density at radius 3 is 3.43 bits per heavy atom. The van der Waals surface area contributed by atoms with Crippen molar-refractivity contribution in [3.05, 3.63) is 18.9 Å². The van der Waals surface area contributed by atoms with Crippen molar-refractivity contribution in [2.24, 2.45) is 5.16 Å². The van der Waals surface area contributed by atoms with Gasteiger partial charge in [0.25, 0.3) is 0 Å². The molecule has 0 fully saturated rings. The van der Waals surface area contributed by atoms with E-state index >= 15 is 0 Å². The Morgan fingerprint density at radius 2 is 2.43 bits per heavy atom. The van der Waals surface area contributed by atoms with Crippen molar-refractivity contribution in [1.82, 2.24) is 0 Å². The summed E-state index contributed by atoms with van der Waals surface area (Å²) >= 11 is 0. The third kappa shape index (κ3) is 1.26. The molecule has 0 saturated carbocycles. The first-order chi connectivity index (χ1) is 3.50. The topological polar surface area (TPSA) is 30.8 Å². The van der Waals surface area contributed by atoms with E-state index in [9.17, 15) is 0 Å². The predicted octanol–water partition coefficient (Wildman–Crippen LogP) is 0.652. The minimum atomic E-state index is 1.21. The van der Waals surface area contributed by atoms with Crippen LogP contribution in [0.15, 0.2) is 17.5 Å². The van der Waals surface area contributed by atoms with E-state index in [4.69, 9.17) is 0 Å². The van der Waals surface area contributed by atoms with Crippen LogP contribution in [0.2, 0.25) is 0 Å². The molecule has 0 saturated heterocycles. The van der Waals surface area contributed by atoms with Gasteiger partial charge in [0, 0.05) is 0 Å². The van der Waals surface area contributed by atoms with Gasteiger partial charge in [0.15, 0.2) is 6.61 Å². The second-order valence-corrected chi connectivity index (χ2v) is 0.917. The molecule has 0 bridgehead atoms. The van der Waals surface area contributed by atoms with Crippen molar-refractivity contribution in [2.75, 3.05) is 0 Å². The Bertz CT molecular complexity index is 85.9. The summed E-state index contributed by atoms with van der Waals surface area (Å²) in [6.45, 7) is 1.47. The van der Waals surface area contributed by atoms with Crippen LogP contribution in [-0.4, -0.2) is 6.40 Å². The molecule has 0 aromatic rings. The van der Waals surface area contributed by atoms with Gasteiger partial charge in [0.05, 0.1) is 0 Å². The second kappa shape index (κ2) is 2.23. The molecule has 0 spiro atoms. The third-order valence-electron chi connectivity index (χ3n) is 0.461. The number of ether oxygens (including phenoxy) is 1. The molecule has 0 unspecified atom stereocenters. The first kappa shape index (κ1) is 4.18. The molecule has 1 radical (unpaired) electrons. The van der Waals surface area contributed by atoms with Crippen molar-refractivity contribution >= 4 is 6.40 Å². The monoisotopic (exact) mass is 98.0 g/mol. The van der Waals surface area contributed by atoms with E-state index in [0.29, 0.717) is 0 Å². The van der Waals surface area contributed by atoms with Crippen molar-refractivity contribution in [2.45, 2.75) is 0 Å². The van der Waals surface area contributed by atoms with Crippen LogP contribution in [0.5, 0.6) is 0 Å². The van der Waals surface area contributed by atoms with Crippen LogP contribution < -0.4 is 0 Å². The zero-order valence-electron chi connectivity index (χ0n) is 3.57. The summed E-state index contributed by atoms with van der Waals surface area (Å²) in [5, 5.41) is 3.31. The maximum absolute atomic E-state index is 4.57. The molecule has 0 amide bonds. The predicted molar refractivity (Wildman–Crippen MR) is 24.1 cm³/mol. The Balaban J connectivity index is 2.38. The van der Waals surface area contributed by atoms with Crippen LogP contribution >= 0.6 is 0 Å². The Morgan fingerprint density at radius 1 is 1.43 bits per heavy atom. The summed E-state index contributed by atoms with van der Waals surface area (Å²) in [5.41, 5.74) is 0. The third-order valence-corrected chi connectivity index (χ3v) is 0.461. The van der Waals surface area contributed by atoms with Gasteiger partial charge in [-0.25, -0.2) is 0 Å². The average molecular weight is 98.1 g/mol. The summed E-state index contributed by atoms with van der Waals surface area (Å²) in [4.78, 5) is 4.43. The fraction of sp³-hybridized carbons (Fsp3) is 0. The number of hydrogen-bond donors (Lipinski definition) is 0. The summed E-state index contributed by atoms with van der Waals surface area (Å²) in [6, 6.07) is 0. The molecule has 37 valence electrons. The smallest absolute Gasteiger partial charge is 0.213 e. The van der Waals surface area contributed by atoms with Gasteiger partial charge in [-0.1, -0.05) is 0 Å². The zero-order chi connectivity index (χ0) is 4.95. The molecule has 1 rings (SSSR count). The standard InChI is InChI=1S/C4H4NO2/c1-2-6-4-5-7-3-1/h1-4H. The summed E-state index contributed by atoms with van der Waals surface area (Å²) in [6.07, 6.45) is 4.23. The SMILES string of the molecule is [CH]1C=CON=CO1. The molecule has 0 atom stereocenters. The maximum Gasteiger partial charge on any atom is 0.213 e. The Hall–Kier alpha value is -0.990. The minimum Gasteiger partial charge on any atom is -0.469 e. The van der Waals surface area contributed by atoms with E-state index in [-0.39, 0.29) is 0 Å². The first-order valence-corrected chi connectivity index (χ1v) is 1.81. The Kier molecular flexibility index (Phi) is 1.33. The second-order valence-electron chi connectivity index (χ2n) is 0.917. The zero-order valence-corrected chi connectivity index (χ0v) is 3.57. The molecule has 3 heteroatoms. The molecule has 0 aliphatic carbocycles. The van der Waals surface area contributed by atoms with Crippen molar-refractivity contribution in [3.63, 3.8) is 0 Å². The normalized spacial score (nSPS) is 17.1. The summed E-state index contributed by atoms with van der Waals surface area (Å²) in [7, 11) is 0. The van der Waals surface area contributed by atoms with Crippen molar-refractivity contribution in [3.8, 4) is 0 Å². The van der Waals surface area contributed by atoms with Crippen LogP contribution in [0.1, 0.15) is 0 Å². The molecule has 1 aliphatic heterocycles. The lowest BCUT2D eigenvalue weighted by Gasteiger charge is -1.81. The Labute approximate surface area is 41.2 Å². The van der Waals surface area contributed by atoms with E-state index in [1.807, 2.05) is 0 Å². The van der Waals surface area contributed by atoms with Crippen LogP contribution in [-0.2, 0) is 9.57 Å². The molecule has 7 heavy (non-hydrogen) atoms. The van der Waals surface area contributed by atoms with E-state index in [2.05, 4.69) is 14.7 Å². The lowest BCUT2D eigenvalue weighted by Crippen LogP contribution is -1.75. The molecule has 0 aromatic carbocycles. The fourth-order valence-electron chi connectivity index (χ4n) is 0.233. The fourth-order valence-corrected chi connectivity index (χ4v) is 0.233. The van der Waals surface area contributed by atoms with Gasteiger partial charge in [0.1, 0.15) is 6.26 Å². The summed E-state index contributed by atoms with van der Waals surface area (Å²) < 4.78 is 4.57. The van der Waals surface area contributed by atoms with E-state index in [1.54, 1.807) is 6.08 Å². The lowest BCUT2D eigenvalue weighted by molar-refractivity contribution is 0.265. The number of hydrogen-bond acceptors (Lipinski definition) is 3. The minimum absolute atomic E-state index is 1.21. The highest BCUT2D eigenvalue weighted by molar-refractivity contribution is 5.46. The average Bonchev–Trinajstić information content (AvgIpc) is 1.90. The maximum atomic E-state index is 4.57. The molecule has 0 N–H and O–H groups in total. The van der Waals surface area contributed by atoms with Gasteiger partial charge >= 0.3 is 0 Å². The molecular formula is C4H4NO2. The van der Waals surface area contributed by atoms with E-state index in [0.717, 1.165) is 0 Å². The highest BCUT2D eigenvalue weighted by Gasteiger charge is 1.80. The van der Waals surface area contributed by atoms with Gasteiger partial charge in [-0.2, -0.15) is 0 Å². The lowest BCUT2D eigenvalue weighted by atomic mass is 10.7. The molecule has 1 heterocycles. The number of nitrogens with zero attached hydrogens (tertiary/aromatic N) is 1. The molecule has 0 aromatic heterocycles. The number of oxime groups is 1. The van der Waals surface area contributed by atoms with Crippen LogP contribution in [0.3, 0.4) is 0 Å². The quantitative estimate of drug-likeness (QED) is 0.445. The highest BCUT2D eigenvalue weighted by Crippen LogP contribution is 1.88. The van der Waals surface area contributed by atoms with Crippen LogP contribution in [0, 0.1) is 6.61 Å². The van der Waals surface area contributed by atoms with Crippen LogP contribution in [0.4, 0.5) is 0 Å². The van der Waals surface area contributed by atoms with E-state index in [1.165, 1.54) is 19.3 Å².